The van der Waals surface area contributed by atoms with Crippen molar-refractivity contribution in [1.82, 2.24) is 9.78 Å². The first-order valence-corrected chi connectivity index (χ1v) is 7.90. The van der Waals surface area contributed by atoms with Gasteiger partial charge in [0.1, 0.15) is 17.3 Å². The lowest BCUT2D eigenvalue weighted by molar-refractivity contribution is 0.630. The predicted molar refractivity (Wildman–Crippen MR) is 90.9 cm³/mol. The van der Waals surface area contributed by atoms with E-state index in [9.17, 15) is 4.39 Å². The minimum atomic E-state index is -0.250. The van der Waals surface area contributed by atoms with Crippen molar-refractivity contribution >= 4 is 17.4 Å². The van der Waals surface area contributed by atoms with Gasteiger partial charge in [-0.25, -0.2) is 9.07 Å². The molecule has 2 heterocycles. The third kappa shape index (κ3) is 2.30. The van der Waals surface area contributed by atoms with Crippen LogP contribution in [0.3, 0.4) is 0 Å². The van der Waals surface area contributed by atoms with Crippen molar-refractivity contribution in [2.24, 2.45) is 0 Å². The second-order valence-electron chi connectivity index (χ2n) is 5.68. The molecule has 4 rings (SSSR count). The number of aryl methyl sites for hydroxylation is 1. The summed E-state index contributed by atoms with van der Waals surface area (Å²) in [4.78, 5) is 0. The number of halogens is 2. The van der Waals surface area contributed by atoms with Crippen LogP contribution in [0, 0.1) is 12.7 Å². The van der Waals surface area contributed by atoms with Crippen molar-refractivity contribution in [2.75, 3.05) is 11.9 Å². The molecule has 0 saturated heterocycles. The zero-order chi connectivity index (χ0) is 16.0. The van der Waals surface area contributed by atoms with E-state index in [1.165, 1.54) is 6.07 Å². The Balaban J connectivity index is 1.94. The van der Waals surface area contributed by atoms with Gasteiger partial charge in [0.25, 0.3) is 0 Å². The van der Waals surface area contributed by atoms with E-state index in [0.717, 1.165) is 35.6 Å². The number of aromatic nitrogens is 2. The number of nitrogens with zero attached hydrogens (tertiary/aromatic N) is 2. The molecule has 0 unspecified atom stereocenters. The smallest absolute Gasteiger partial charge is 0.133 e. The van der Waals surface area contributed by atoms with Crippen molar-refractivity contribution in [1.29, 1.82) is 0 Å². The lowest BCUT2D eigenvalue weighted by atomic mass is 10.1. The van der Waals surface area contributed by atoms with Gasteiger partial charge in [0.15, 0.2) is 0 Å². The summed E-state index contributed by atoms with van der Waals surface area (Å²) in [5, 5.41) is 8.75. The maximum absolute atomic E-state index is 14.2. The maximum atomic E-state index is 14.2. The molecule has 0 fully saturated rings. The summed E-state index contributed by atoms with van der Waals surface area (Å²) in [6, 6.07) is 12.5. The highest BCUT2D eigenvalue weighted by molar-refractivity contribution is 6.30. The summed E-state index contributed by atoms with van der Waals surface area (Å²) >= 11 is 6.05. The normalized spacial score (nSPS) is 13.0. The summed E-state index contributed by atoms with van der Waals surface area (Å²) in [6.45, 7) is 2.83. The molecule has 0 aliphatic carbocycles. The monoisotopic (exact) mass is 327 g/mol. The van der Waals surface area contributed by atoms with Crippen molar-refractivity contribution in [2.45, 2.75) is 13.3 Å². The fourth-order valence-electron chi connectivity index (χ4n) is 3.08. The molecular weight excluding hydrogens is 313 g/mol. The Kier molecular flexibility index (Phi) is 3.34. The SMILES string of the molecule is Cc1cc(Cl)ccc1-n1nc(-c2ccccc2F)c2c1NCC2. The van der Waals surface area contributed by atoms with Gasteiger partial charge in [-0.2, -0.15) is 5.10 Å². The van der Waals surface area contributed by atoms with Crippen LogP contribution in [0.15, 0.2) is 42.5 Å². The van der Waals surface area contributed by atoms with E-state index in [4.69, 9.17) is 16.7 Å². The Bertz CT molecular complexity index is 901. The number of nitrogens with one attached hydrogen (secondary N) is 1. The van der Waals surface area contributed by atoms with Crippen LogP contribution in [-0.2, 0) is 6.42 Å². The lowest BCUT2D eigenvalue weighted by Gasteiger charge is -2.09. The van der Waals surface area contributed by atoms with Crippen molar-refractivity contribution in [3.63, 3.8) is 0 Å². The zero-order valence-electron chi connectivity index (χ0n) is 12.6. The first-order chi connectivity index (χ1) is 11.1. The van der Waals surface area contributed by atoms with Gasteiger partial charge in [0.2, 0.25) is 0 Å². The summed E-state index contributed by atoms with van der Waals surface area (Å²) in [7, 11) is 0. The van der Waals surface area contributed by atoms with Gasteiger partial charge in [-0.15, -0.1) is 0 Å². The highest BCUT2D eigenvalue weighted by Gasteiger charge is 2.25. The van der Waals surface area contributed by atoms with E-state index >= 15 is 0 Å². The number of fused-ring (bicyclic) bond motifs is 1. The quantitative estimate of drug-likeness (QED) is 0.745. The van der Waals surface area contributed by atoms with E-state index in [2.05, 4.69) is 5.32 Å². The van der Waals surface area contributed by atoms with Crippen LogP contribution in [0.2, 0.25) is 5.02 Å². The zero-order valence-corrected chi connectivity index (χ0v) is 13.4. The topological polar surface area (TPSA) is 29.9 Å². The number of hydrogen-bond acceptors (Lipinski definition) is 2. The van der Waals surface area contributed by atoms with Crippen LogP contribution in [0.25, 0.3) is 16.9 Å². The highest BCUT2D eigenvalue weighted by Crippen LogP contribution is 2.36. The predicted octanol–water partition coefficient (Wildman–Crippen LogP) is 4.61. The summed E-state index contributed by atoms with van der Waals surface area (Å²) in [5.41, 5.74) is 4.28. The molecule has 1 aliphatic rings. The van der Waals surface area contributed by atoms with Crippen LogP contribution in [0.4, 0.5) is 10.2 Å². The molecule has 3 nitrogen and oxygen atoms in total. The third-order valence-electron chi connectivity index (χ3n) is 4.17. The Morgan fingerprint density at radius 1 is 1.22 bits per heavy atom. The van der Waals surface area contributed by atoms with E-state index in [-0.39, 0.29) is 5.82 Å². The molecule has 5 heteroatoms. The Morgan fingerprint density at radius 3 is 2.83 bits per heavy atom. The fraction of sp³-hybridized carbons (Fsp3) is 0.167. The average molecular weight is 328 g/mol. The molecule has 1 N–H and O–H groups in total. The molecule has 1 aromatic heterocycles. The van der Waals surface area contributed by atoms with E-state index in [1.807, 2.05) is 35.9 Å². The molecule has 0 spiro atoms. The van der Waals surface area contributed by atoms with Crippen LogP contribution in [-0.4, -0.2) is 16.3 Å². The molecule has 1 aliphatic heterocycles. The summed E-state index contributed by atoms with van der Waals surface area (Å²) in [5.74, 6) is 0.688. The molecule has 2 aromatic carbocycles. The van der Waals surface area contributed by atoms with Gasteiger partial charge in [-0.1, -0.05) is 23.7 Å². The minimum absolute atomic E-state index is 0.250. The first-order valence-electron chi connectivity index (χ1n) is 7.52. The molecule has 0 saturated carbocycles. The lowest BCUT2D eigenvalue weighted by Crippen LogP contribution is -2.05. The Morgan fingerprint density at radius 2 is 2.04 bits per heavy atom. The maximum Gasteiger partial charge on any atom is 0.133 e. The van der Waals surface area contributed by atoms with Crippen molar-refractivity contribution in [3.8, 4) is 16.9 Å². The average Bonchev–Trinajstić information content (AvgIpc) is 3.11. The Hall–Kier alpha value is -2.33. The molecule has 23 heavy (non-hydrogen) atoms. The van der Waals surface area contributed by atoms with Crippen molar-refractivity contribution < 1.29 is 4.39 Å². The summed E-state index contributed by atoms with van der Waals surface area (Å²) < 4.78 is 16.1. The highest BCUT2D eigenvalue weighted by atomic mass is 35.5. The van der Waals surface area contributed by atoms with Gasteiger partial charge in [0.05, 0.1) is 5.69 Å². The van der Waals surface area contributed by atoms with Gasteiger partial charge >= 0.3 is 0 Å². The van der Waals surface area contributed by atoms with Gasteiger partial charge in [-0.3, -0.25) is 0 Å². The van der Waals surface area contributed by atoms with Crippen LogP contribution in [0.5, 0.6) is 0 Å². The molecule has 0 radical (unpaired) electrons. The third-order valence-corrected chi connectivity index (χ3v) is 4.40. The standard InChI is InChI=1S/C18H15ClFN3/c1-11-10-12(19)6-7-16(11)23-18-14(8-9-21-18)17(22-23)13-4-2-3-5-15(13)20/h2-7,10,21H,8-9H2,1H3. The molecule has 116 valence electrons. The van der Waals surface area contributed by atoms with Gasteiger partial charge in [-0.05, 0) is 49.2 Å². The van der Waals surface area contributed by atoms with Crippen LogP contribution >= 0.6 is 11.6 Å². The summed E-state index contributed by atoms with van der Waals surface area (Å²) in [6.07, 6.45) is 0.839. The van der Waals surface area contributed by atoms with Gasteiger partial charge in [0, 0.05) is 22.7 Å². The molecule has 3 aromatic rings. The number of benzene rings is 2. The Labute approximate surface area is 138 Å². The minimum Gasteiger partial charge on any atom is -0.369 e. The first kappa shape index (κ1) is 14.3. The van der Waals surface area contributed by atoms with Gasteiger partial charge < -0.3 is 5.32 Å². The van der Waals surface area contributed by atoms with Crippen molar-refractivity contribution in [3.05, 3.63) is 64.4 Å². The fourth-order valence-corrected chi connectivity index (χ4v) is 3.30. The number of hydrogen-bond donors (Lipinski definition) is 1. The number of rotatable bonds is 2. The molecular formula is C18H15ClFN3. The van der Waals surface area contributed by atoms with E-state index < -0.39 is 0 Å². The van der Waals surface area contributed by atoms with Crippen LogP contribution in [0.1, 0.15) is 11.1 Å². The second-order valence-corrected chi connectivity index (χ2v) is 6.11. The second kappa shape index (κ2) is 5.39. The molecule has 0 bridgehead atoms. The molecule has 0 atom stereocenters. The van der Waals surface area contributed by atoms with Crippen LogP contribution < -0.4 is 5.32 Å². The van der Waals surface area contributed by atoms with E-state index in [0.29, 0.717) is 16.3 Å². The van der Waals surface area contributed by atoms with E-state index in [1.54, 1.807) is 12.1 Å². The molecule has 0 amide bonds. The number of anilines is 1. The largest absolute Gasteiger partial charge is 0.369 e.